The van der Waals surface area contributed by atoms with Crippen molar-refractivity contribution in [3.63, 3.8) is 0 Å². The number of nitrogens with one attached hydrogen (secondary N) is 2. The summed E-state index contributed by atoms with van der Waals surface area (Å²) < 4.78 is 7.78. The Labute approximate surface area is 90.1 Å². The molecule has 2 aromatic rings. The Hall–Kier alpha value is -1.50. The van der Waals surface area contributed by atoms with Gasteiger partial charge in [0.1, 0.15) is 0 Å². The standard InChI is InChI=1S/C8H11N5OS/c1-2-3-4-9-8-10-6-5(7(14)11-8)12-15-13-6/h2-4H2,1H3,(H2,9,10,11,13,14). The average Bonchev–Trinajstić information content (AvgIpc) is 2.66. The summed E-state index contributed by atoms with van der Waals surface area (Å²) in [5, 5.41) is 3.04. The average molecular weight is 225 g/mol. The van der Waals surface area contributed by atoms with E-state index in [0.29, 0.717) is 17.1 Å². The van der Waals surface area contributed by atoms with Gasteiger partial charge in [-0.05, 0) is 6.42 Å². The Morgan fingerprint density at radius 1 is 1.47 bits per heavy atom. The van der Waals surface area contributed by atoms with Gasteiger partial charge in [0.05, 0.1) is 11.7 Å². The number of hydrogen-bond acceptors (Lipinski definition) is 6. The normalized spacial score (nSPS) is 10.7. The molecule has 7 heteroatoms. The molecule has 0 spiro atoms. The van der Waals surface area contributed by atoms with Crippen molar-refractivity contribution < 1.29 is 0 Å². The zero-order valence-electron chi connectivity index (χ0n) is 8.28. The molecule has 0 bridgehead atoms. The van der Waals surface area contributed by atoms with Crippen LogP contribution in [0.25, 0.3) is 11.2 Å². The molecule has 0 aromatic carbocycles. The molecule has 80 valence electrons. The van der Waals surface area contributed by atoms with E-state index < -0.39 is 0 Å². The molecule has 2 heterocycles. The second-order valence-electron chi connectivity index (χ2n) is 3.13. The predicted molar refractivity (Wildman–Crippen MR) is 59.2 cm³/mol. The molecule has 2 N–H and O–H groups in total. The molecule has 2 aromatic heterocycles. The van der Waals surface area contributed by atoms with Gasteiger partial charge in [-0.2, -0.15) is 13.7 Å². The summed E-state index contributed by atoms with van der Waals surface area (Å²) in [6, 6.07) is 0. The van der Waals surface area contributed by atoms with Crippen LogP contribution < -0.4 is 10.9 Å². The number of unbranched alkanes of at least 4 members (excludes halogenated alkanes) is 1. The molecule has 6 nitrogen and oxygen atoms in total. The Morgan fingerprint density at radius 2 is 2.33 bits per heavy atom. The minimum atomic E-state index is -0.243. The van der Waals surface area contributed by atoms with E-state index in [-0.39, 0.29) is 5.56 Å². The van der Waals surface area contributed by atoms with Gasteiger partial charge in [-0.15, -0.1) is 0 Å². The number of hydrogen-bond donors (Lipinski definition) is 2. The van der Waals surface area contributed by atoms with Gasteiger partial charge in [0.15, 0.2) is 5.52 Å². The molecule has 0 saturated carbocycles. The first kappa shape index (κ1) is 10.0. The lowest BCUT2D eigenvalue weighted by Gasteiger charge is -2.02. The maximum atomic E-state index is 11.5. The maximum Gasteiger partial charge on any atom is 0.281 e. The largest absolute Gasteiger partial charge is 0.356 e. The molecule has 0 amide bonds. The molecule has 0 unspecified atom stereocenters. The maximum absolute atomic E-state index is 11.5. The van der Waals surface area contributed by atoms with E-state index in [0.717, 1.165) is 31.1 Å². The zero-order valence-corrected chi connectivity index (χ0v) is 9.10. The molecule has 0 saturated heterocycles. The van der Waals surface area contributed by atoms with E-state index in [1.54, 1.807) is 0 Å². The van der Waals surface area contributed by atoms with Gasteiger partial charge in [0.2, 0.25) is 11.6 Å². The van der Waals surface area contributed by atoms with Crippen LogP contribution >= 0.6 is 11.7 Å². The fraction of sp³-hybridized carbons (Fsp3) is 0.500. The van der Waals surface area contributed by atoms with Crippen LogP contribution in [-0.4, -0.2) is 25.3 Å². The molecular weight excluding hydrogens is 214 g/mol. The zero-order chi connectivity index (χ0) is 10.7. The van der Waals surface area contributed by atoms with Gasteiger partial charge in [0, 0.05) is 6.54 Å². The third-order valence-electron chi connectivity index (χ3n) is 1.96. The fourth-order valence-corrected chi connectivity index (χ4v) is 1.66. The Balaban J connectivity index is 2.25. The Morgan fingerprint density at radius 3 is 3.13 bits per heavy atom. The van der Waals surface area contributed by atoms with Crippen molar-refractivity contribution in [3.8, 4) is 0 Å². The highest BCUT2D eigenvalue weighted by Gasteiger charge is 2.06. The third-order valence-corrected chi connectivity index (χ3v) is 2.48. The van der Waals surface area contributed by atoms with E-state index in [1.807, 2.05) is 0 Å². The molecule has 0 aliphatic rings. The van der Waals surface area contributed by atoms with E-state index in [4.69, 9.17) is 0 Å². The summed E-state index contributed by atoms with van der Waals surface area (Å²) in [6.45, 7) is 2.90. The number of nitrogens with zero attached hydrogens (tertiary/aromatic N) is 3. The molecule has 0 aliphatic carbocycles. The quantitative estimate of drug-likeness (QED) is 0.758. The van der Waals surface area contributed by atoms with E-state index in [9.17, 15) is 4.79 Å². The summed E-state index contributed by atoms with van der Waals surface area (Å²) >= 11 is 0.994. The van der Waals surface area contributed by atoms with Crippen molar-refractivity contribution >= 4 is 28.8 Å². The number of anilines is 1. The van der Waals surface area contributed by atoms with Crippen LogP contribution in [0, 0.1) is 0 Å². The van der Waals surface area contributed by atoms with Crippen LogP contribution in [0.15, 0.2) is 4.79 Å². The summed E-state index contributed by atoms with van der Waals surface area (Å²) in [5.41, 5.74) is 0.469. The van der Waals surface area contributed by atoms with Crippen molar-refractivity contribution in [1.82, 2.24) is 18.7 Å². The highest BCUT2D eigenvalue weighted by atomic mass is 32.1. The molecule has 0 radical (unpaired) electrons. The minimum Gasteiger partial charge on any atom is -0.356 e. The fourth-order valence-electron chi connectivity index (χ4n) is 1.17. The molecular formula is C8H11N5OS. The predicted octanol–water partition coefficient (Wildman–Crippen LogP) is 0.987. The van der Waals surface area contributed by atoms with Crippen molar-refractivity contribution in [1.29, 1.82) is 0 Å². The van der Waals surface area contributed by atoms with Gasteiger partial charge in [-0.3, -0.25) is 9.78 Å². The third kappa shape index (κ3) is 2.12. The van der Waals surface area contributed by atoms with Gasteiger partial charge in [-0.25, -0.2) is 0 Å². The molecule has 0 fully saturated rings. The first-order chi connectivity index (χ1) is 7.31. The lowest BCUT2D eigenvalue weighted by atomic mass is 10.3. The van der Waals surface area contributed by atoms with Crippen molar-refractivity contribution in [3.05, 3.63) is 10.4 Å². The SMILES string of the molecule is CCCCNc1nc2nsnc2c(=O)[nH]1. The summed E-state index contributed by atoms with van der Waals surface area (Å²) in [4.78, 5) is 18.2. The molecule has 0 atom stereocenters. The summed E-state index contributed by atoms with van der Waals surface area (Å²) in [5.74, 6) is 0.466. The number of rotatable bonds is 4. The van der Waals surface area contributed by atoms with Crippen molar-refractivity contribution in [2.24, 2.45) is 0 Å². The first-order valence-electron chi connectivity index (χ1n) is 4.77. The van der Waals surface area contributed by atoms with Gasteiger partial charge >= 0.3 is 0 Å². The Bertz CT molecular complexity index is 505. The van der Waals surface area contributed by atoms with E-state index in [2.05, 4.69) is 31.0 Å². The number of aromatic amines is 1. The second-order valence-corrected chi connectivity index (χ2v) is 3.66. The van der Waals surface area contributed by atoms with Crippen LogP contribution in [0.4, 0.5) is 5.95 Å². The molecule has 15 heavy (non-hydrogen) atoms. The van der Waals surface area contributed by atoms with Crippen LogP contribution in [-0.2, 0) is 0 Å². The highest BCUT2D eigenvalue weighted by Crippen LogP contribution is 2.05. The number of fused-ring (bicyclic) bond motifs is 1. The monoisotopic (exact) mass is 225 g/mol. The van der Waals surface area contributed by atoms with Gasteiger partial charge in [0.25, 0.3) is 5.56 Å². The minimum absolute atomic E-state index is 0.243. The number of aromatic nitrogens is 4. The van der Waals surface area contributed by atoms with Crippen LogP contribution in [0.1, 0.15) is 19.8 Å². The smallest absolute Gasteiger partial charge is 0.281 e. The molecule has 2 rings (SSSR count). The van der Waals surface area contributed by atoms with Crippen molar-refractivity contribution in [2.45, 2.75) is 19.8 Å². The number of H-pyrrole nitrogens is 1. The summed E-state index contributed by atoms with van der Waals surface area (Å²) in [6.07, 6.45) is 2.13. The van der Waals surface area contributed by atoms with Gasteiger partial charge in [-0.1, -0.05) is 13.3 Å². The first-order valence-corrected chi connectivity index (χ1v) is 5.50. The lowest BCUT2D eigenvalue weighted by Crippen LogP contribution is -2.13. The second kappa shape index (κ2) is 4.35. The Kier molecular flexibility index (Phi) is 2.91. The molecule has 0 aliphatic heterocycles. The van der Waals surface area contributed by atoms with Crippen molar-refractivity contribution in [2.75, 3.05) is 11.9 Å². The highest BCUT2D eigenvalue weighted by molar-refractivity contribution is 7.00. The van der Waals surface area contributed by atoms with E-state index >= 15 is 0 Å². The van der Waals surface area contributed by atoms with Crippen LogP contribution in [0.5, 0.6) is 0 Å². The van der Waals surface area contributed by atoms with Gasteiger partial charge < -0.3 is 5.32 Å². The summed E-state index contributed by atoms with van der Waals surface area (Å²) in [7, 11) is 0. The topological polar surface area (TPSA) is 83.6 Å². The van der Waals surface area contributed by atoms with Crippen LogP contribution in [0.2, 0.25) is 0 Å². The lowest BCUT2D eigenvalue weighted by molar-refractivity contribution is 0.826. The van der Waals surface area contributed by atoms with E-state index in [1.165, 1.54) is 0 Å². The van der Waals surface area contributed by atoms with Crippen LogP contribution in [0.3, 0.4) is 0 Å².